The Kier molecular flexibility index (Phi) is 3.62. The summed E-state index contributed by atoms with van der Waals surface area (Å²) in [6.45, 7) is 3.30. The summed E-state index contributed by atoms with van der Waals surface area (Å²) in [5.74, 6) is 0. The third-order valence-electron chi connectivity index (χ3n) is 2.16. The molecule has 2 N–H and O–H groups in total. The van der Waals surface area contributed by atoms with Crippen molar-refractivity contribution in [3.05, 3.63) is 24.3 Å². The van der Waals surface area contributed by atoms with Crippen LogP contribution in [0.25, 0.3) is 0 Å². The van der Waals surface area contributed by atoms with E-state index in [-0.39, 0.29) is 0 Å². The van der Waals surface area contributed by atoms with E-state index in [9.17, 15) is 0 Å². The number of unbranched alkanes of at least 4 members (excludes halogenated alkanes) is 1. The SMILES string of the molecule is CCCCN(C)c1cccc(N)c1. The number of benzene rings is 1. The Morgan fingerprint density at radius 2 is 2.15 bits per heavy atom. The molecule has 72 valence electrons. The van der Waals surface area contributed by atoms with Gasteiger partial charge in [-0.1, -0.05) is 19.4 Å². The maximum atomic E-state index is 5.70. The fourth-order valence-corrected chi connectivity index (χ4v) is 1.29. The first-order valence-corrected chi connectivity index (χ1v) is 4.80. The number of rotatable bonds is 4. The predicted octanol–water partition coefficient (Wildman–Crippen LogP) is 2.51. The lowest BCUT2D eigenvalue weighted by molar-refractivity contribution is 0.767. The van der Waals surface area contributed by atoms with Crippen LogP contribution in [0.1, 0.15) is 19.8 Å². The Morgan fingerprint density at radius 3 is 2.77 bits per heavy atom. The van der Waals surface area contributed by atoms with Gasteiger partial charge in [-0.05, 0) is 24.6 Å². The molecule has 0 amide bonds. The second-order valence-corrected chi connectivity index (χ2v) is 3.37. The van der Waals surface area contributed by atoms with Crippen LogP contribution in [0.3, 0.4) is 0 Å². The van der Waals surface area contributed by atoms with E-state index in [4.69, 9.17) is 5.73 Å². The highest BCUT2D eigenvalue weighted by molar-refractivity contribution is 5.55. The minimum atomic E-state index is 0.834. The molecule has 0 heterocycles. The zero-order chi connectivity index (χ0) is 9.68. The third kappa shape index (κ3) is 2.98. The molecule has 0 aliphatic rings. The van der Waals surface area contributed by atoms with Gasteiger partial charge >= 0.3 is 0 Å². The summed E-state index contributed by atoms with van der Waals surface area (Å²) in [5.41, 5.74) is 7.73. The van der Waals surface area contributed by atoms with Crippen molar-refractivity contribution in [1.82, 2.24) is 0 Å². The van der Waals surface area contributed by atoms with Gasteiger partial charge in [-0.2, -0.15) is 0 Å². The number of nitrogen functional groups attached to an aromatic ring is 1. The van der Waals surface area contributed by atoms with E-state index in [1.807, 2.05) is 18.2 Å². The molecule has 0 aliphatic carbocycles. The molecule has 0 spiro atoms. The third-order valence-corrected chi connectivity index (χ3v) is 2.16. The minimum Gasteiger partial charge on any atom is -0.399 e. The van der Waals surface area contributed by atoms with E-state index in [1.54, 1.807) is 0 Å². The Morgan fingerprint density at radius 1 is 1.38 bits per heavy atom. The molecule has 1 aromatic rings. The Bertz CT molecular complexity index is 258. The first-order chi connectivity index (χ1) is 6.24. The van der Waals surface area contributed by atoms with E-state index in [2.05, 4.69) is 24.9 Å². The van der Waals surface area contributed by atoms with Crippen molar-refractivity contribution < 1.29 is 0 Å². The lowest BCUT2D eigenvalue weighted by Gasteiger charge is -2.18. The highest BCUT2D eigenvalue weighted by atomic mass is 15.1. The predicted molar refractivity (Wildman–Crippen MR) is 59.0 cm³/mol. The number of hydrogen-bond acceptors (Lipinski definition) is 2. The molecule has 13 heavy (non-hydrogen) atoms. The number of nitrogens with zero attached hydrogens (tertiary/aromatic N) is 1. The largest absolute Gasteiger partial charge is 0.399 e. The van der Waals surface area contributed by atoms with Gasteiger partial charge in [0.25, 0.3) is 0 Å². The van der Waals surface area contributed by atoms with Crippen LogP contribution in [-0.4, -0.2) is 13.6 Å². The fraction of sp³-hybridized carbons (Fsp3) is 0.455. The van der Waals surface area contributed by atoms with Gasteiger partial charge in [0.2, 0.25) is 0 Å². The molecule has 2 nitrogen and oxygen atoms in total. The van der Waals surface area contributed by atoms with Crippen molar-refractivity contribution in [2.75, 3.05) is 24.2 Å². The van der Waals surface area contributed by atoms with Gasteiger partial charge in [0.1, 0.15) is 0 Å². The van der Waals surface area contributed by atoms with Crippen LogP contribution in [-0.2, 0) is 0 Å². The van der Waals surface area contributed by atoms with Gasteiger partial charge in [0.05, 0.1) is 0 Å². The first kappa shape index (κ1) is 9.90. The summed E-state index contributed by atoms with van der Waals surface area (Å²) in [7, 11) is 2.10. The summed E-state index contributed by atoms with van der Waals surface area (Å²) >= 11 is 0. The molecular formula is C11H18N2. The molecular weight excluding hydrogens is 160 g/mol. The number of hydrogen-bond donors (Lipinski definition) is 1. The number of nitrogens with two attached hydrogens (primary N) is 1. The van der Waals surface area contributed by atoms with Crippen molar-refractivity contribution in [3.63, 3.8) is 0 Å². The van der Waals surface area contributed by atoms with Gasteiger partial charge in [-0.3, -0.25) is 0 Å². The van der Waals surface area contributed by atoms with E-state index in [0.29, 0.717) is 0 Å². The molecule has 0 fully saturated rings. The fourth-order valence-electron chi connectivity index (χ4n) is 1.29. The summed E-state index contributed by atoms with van der Waals surface area (Å²) in [6, 6.07) is 8.01. The Labute approximate surface area is 80.4 Å². The second kappa shape index (κ2) is 4.75. The van der Waals surface area contributed by atoms with Crippen LogP contribution >= 0.6 is 0 Å². The lowest BCUT2D eigenvalue weighted by atomic mass is 10.2. The highest BCUT2D eigenvalue weighted by Crippen LogP contribution is 2.16. The summed E-state index contributed by atoms with van der Waals surface area (Å²) in [4.78, 5) is 2.24. The molecule has 0 aromatic heterocycles. The standard InChI is InChI=1S/C11H18N2/c1-3-4-8-13(2)11-7-5-6-10(12)9-11/h5-7,9H,3-4,8,12H2,1-2H3. The van der Waals surface area contributed by atoms with Gasteiger partial charge in [0, 0.05) is 25.0 Å². The van der Waals surface area contributed by atoms with Gasteiger partial charge in [-0.15, -0.1) is 0 Å². The van der Waals surface area contributed by atoms with E-state index < -0.39 is 0 Å². The monoisotopic (exact) mass is 178 g/mol. The molecule has 1 rings (SSSR count). The molecule has 1 aromatic carbocycles. The zero-order valence-corrected chi connectivity index (χ0v) is 8.46. The van der Waals surface area contributed by atoms with Gasteiger partial charge in [0.15, 0.2) is 0 Å². The van der Waals surface area contributed by atoms with Crippen LogP contribution in [0.2, 0.25) is 0 Å². The van der Waals surface area contributed by atoms with Crippen molar-refractivity contribution in [2.24, 2.45) is 0 Å². The average molecular weight is 178 g/mol. The Hall–Kier alpha value is -1.18. The quantitative estimate of drug-likeness (QED) is 0.718. The van der Waals surface area contributed by atoms with Crippen molar-refractivity contribution in [1.29, 1.82) is 0 Å². The normalized spacial score (nSPS) is 10.0. The van der Waals surface area contributed by atoms with Gasteiger partial charge < -0.3 is 10.6 Å². The van der Waals surface area contributed by atoms with Gasteiger partial charge in [-0.25, -0.2) is 0 Å². The maximum Gasteiger partial charge on any atom is 0.0384 e. The summed E-state index contributed by atoms with van der Waals surface area (Å²) in [5, 5.41) is 0. The molecule has 2 heteroatoms. The molecule has 0 saturated heterocycles. The summed E-state index contributed by atoms with van der Waals surface area (Å²) < 4.78 is 0. The zero-order valence-electron chi connectivity index (χ0n) is 8.46. The lowest BCUT2D eigenvalue weighted by Crippen LogP contribution is -2.18. The summed E-state index contributed by atoms with van der Waals surface area (Å²) in [6.07, 6.45) is 2.46. The maximum absolute atomic E-state index is 5.70. The van der Waals surface area contributed by atoms with E-state index in [0.717, 1.165) is 12.2 Å². The molecule has 0 atom stereocenters. The molecule has 0 unspecified atom stereocenters. The van der Waals surface area contributed by atoms with Crippen molar-refractivity contribution in [2.45, 2.75) is 19.8 Å². The Balaban J connectivity index is 2.60. The van der Waals surface area contributed by atoms with Crippen molar-refractivity contribution in [3.8, 4) is 0 Å². The molecule has 0 saturated carbocycles. The smallest absolute Gasteiger partial charge is 0.0384 e. The average Bonchev–Trinajstić information content (AvgIpc) is 2.14. The molecule has 0 radical (unpaired) electrons. The van der Waals surface area contributed by atoms with Crippen LogP contribution < -0.4 is 10.6 Å². The number of anilines is 2. The van der Waals surface area contributed by atoms with Crippen LogP contribution in [0.5, 0.6) is 0 Å². The van der Waals surface area contributed by atoms with Crippen LogP contribution in [0.15, 0.2) is 24.3 Å². The topological polar surface area (TPSA) is 29.3 Å². The van der Waals surface area contributed by atoms with Crippen LogP contribution in [0, 0.1) is 0 Å². The first-order valence-electron chi connectivity index (χ1n) is 4.80. The highest BCUT2D eigenvalue weighted by Gasteiger charge is 1.98. The second-order valence-electron chi connectivity index (χ2n) is 3.37. The van der Waals surface area contributed by atoms with E-state index >= 15 is 0 Å². The van der Waals surface area contributed by atoms with E-state index in [1.165, 1.54) is 18.5 Å². The van der Waals surface area contributed by atoms with Crippen LogP contribution in [0.4, 0.5) is 11.4 Å². The minimum absolute atomic E-state index is 0.834. The molecule has 0 aliphatic heterocycles. The van der Waals surface area contributed by atoms with Crippen molar-refractivity contribution >= 4 is 11.4 Å². The molecule has 0 bridgehead atoms.